The fraction of sp³-hybridized carbons (Fsp3) is 0.696. The smallest absolute Gasteiger partial charge is 0.372 e. The van der Waals surface area contributed by atoms with Crippen LogP contribution in [0.1, 0.15) is 186 Å². The highest BCUT2D eigenvalue weighted by molar-refractivity contribution is 6.01. The van der Waals surface area contributed by atoms with E-state index in [0.29, 0.717) is 57.3 Å². The molecule has 2 saturated carbocycles. The summed E-state index contributed by atoms with van der Waals surface area (Å²) in [5.74, 6) is -11.0. The molecule has 5 aliphatic rings. The lowest BCUT2D eigenvalue weighted by atomic mass is 9.84. The summed E-state index contributed by atoms with van der Waals surface area (Å²) in [6.07, 6.45) is 0.896. The van der Waals surface area contributed by atoms with Crippen LogP contribution in [0.2, 0.25) is 0 Å². The Bertz CT molecular complexity index is 3520. The predicted molar refractivity (Wildman–Crippen MR) is 397 cm³/mol. The minimum atomic E-state index is -5.03. The molecule has 3 aliphatic heterocycles. The van der Waals surface area contributed by atoms with Gasteiger partial charge in [0.15, 0.2) is 0 Å². The van der Waals surface area contributed by atoms with Crippen LogP contribution >= 0.6 is 0 Å². The molecule has 0 unspecified atom stereocenters. The van der Waals surface area contributed by atoms with Crippen molar-refractivity contribution in [3.63, 3.8) is 0 Å². The number of benzene rings is 2. The minimum absolute atomic E-state index is 0.0225. The zero-order chi connectivity index (χ0) is 79.8. The van der Waals surface area contributed by atoms with Crippen LogP contribution in [0.15, 0.2) is 42.5 Å². The Labute approximate surface area is 634 Å². The second-order valence-electron chi connectivity index (χ2n) is 32.0. The largest absolute Gasteiger partial charge is 0.419 e. The lowest BCUT2D eigenvalue weighted by Crippen LogP contribution is -2.64. The molecule has 1 spiro atoms. The summed E-state index contributed by atoms with van der Waals surface area (Å²) in [5, 5.41) is 8.69. The van der Waals surface area contributed by atoms with Gasteiger partial charge in [0.25, 0.3) is 0 Å². The number of amides is 12. The number of fused-ring (bicyclic) bond motifs is 1. The highest BCUT2D eigenvalue weighted by Gasteiger charge is 2.52. The van der Waals surface area contributed by atoms with Crippen LogP contribution in [0.3, 0.4) is 0 Å². The molecule has 3 saturated heterocycles. The fourth-order valence-electron chi connectivity index (χ4n) is 15.8. The number of ether oxygens (including phenoxy) is 1. The first-order valence-electron chi connectivity index (χ1n) is 38.7. The maximum atomic E-state index is 15.8. The van der Waals surface area contributed by atoms with E-state index in [1.54, 1.807) is 11.8 Å². The van der Waals surface area contributed by atoms with E-state index >= 15 is 33.2 Å². The van der Waals surface area contributed by atoms with E-state index in [-0.39, 0.29) is 87.8 Å². The summed E-state index contributed by atoms with van der Waals surface area (Å²) in [7, 11) is 9.77. The summed E-state index contributed by atoms with van der Waals surface area (Å²) < 4.78 is 63.4. The zero-order valence-corrected chi connectivity index (χ0v) is 65.9. The van der Waals surface area contributed by atoms with Gasteiger partial charge in [-0.15, -0.1) is 0 Å². The van der Waals surface area contributed by atoms with Crippen molar-refractivity contribution in [1.29, 1.82) is 0 Å². The molecule has 0 aromatic heterocycles. The van der Waals surface area contributed by atoms with Crippen LogP contribution in [0.4, 0.5) is 17.6 Å². The average Bonchev–Trinajstić information content (AvgIpc) is 1.55. The average molecular weight is 1520 g/mol. The third kappa shape index (κ3) is 22.7. The number of hydrogen-bond acceptors (Lipinski definition) is 13. The summed E-state index contributed by atoms with van der Waals surface area (Å²) in [6, 6.07) is 0.414. The van der Waals surface area contributed by atoms with Crippen LogP contribution in [0, 0.1) is 36.4 Å². The molecule has 25 nitrogen and oxygen atoms in total. The Hall–Kier alpha value is -8.24. The predicted octanol–water partition coefficient (Wildman–Crippen LogP) is 6.88. The van der Waals surface area contributed by atoms with Crippen molar-refractivity contribution in [2.75, 3.05) is 88.6 Å². The molecule has 2 aliphatic carbocycles. The highest BCUT2D eigenvalue weighted by Crippen LogP contribution is 2.37. The minimum Gasteiger partial charge on any atom is -0.372 e. The van der Waals surface area contributed by atoms with Gasteiger partial charge in [-0.3, -0.25) is 57.5 Å². The number of aryl methyl sites for hydroxylation is 2. The summed E-state index contributed by atoms with van der Waals surface area (Å²) >= 11 is 0. The normalized spacial score (nSPS) is 25.5. The number of rotatable bonds is 15. The first-order valence-corrected chi connectivity index (χ1v) is 38.7. The Morgan fingerprint density at radius 3 is 1.85 bits per heavy atom. The Balaban J connectivity index is 1.33. The fourth-order valence-corrected chi connectivity index (χ4v) is 15.8. The topological polar surface area (TPSA) is 279 Å². The van der Waals surface area contributed by atoms with Crippen molar-refractivity contribution in [3.05, 3.63) is 70.5 Å². The standard InChI is InChI=1S/C79H118F4N12O13/c1-15-52(7)69-76(106)89(10)46-67(98)87(8)47-68(99)91(12)63(41-53-26-18-16-19-27-53)73(103)88(9)45-65(96)84-59(32-30-54-29-31-57(58(80)40-54)79(81,82)83)72(102)95-44-56(108-48-55-28-24-25-51(6)39-55)42-61(95)71(101)86-78(33-20-21-34-78)77(107)93(14)62(38-50(4)5)74(104)92(13)64(75(105)94-35-22-17-23-36-94)43-66(97)90(11)60(37-49(2)3)70(100)85-69/h24-25,28-29,31,39-40,49-50,52-53,56,59-64,69H,15-23,26-27,30,32-38,41-48H2,1-14H3,(H,84,96)(H,85,100)(H,86,101)/t52-,56+,59-,60-,61-,62-,63-,64-,69-/m0/s1. The van der Waals surface area contributed by atoms with E-state index in [4.69, 9.17) is 4.74 Å². The zero-order valence-electron chi connectivity index (χ0n) is 65.9. The SMILES string of the molecule is CC[C@H](C)[C@@H]1NC(=O)[C@H](CC(C)C)N(C)C(=O)C[C@@H](C(=O)N2CCCCC2)N(C)C(=O)[C@H](CC(C)C)N(C)C(=O)C2(CCCC2)NC(=O)[C@@H]2C[C@@H](OCc3cccc(C)c3)CN2C(=O)[C@H](CCc2ccc(C(F)(F)F)c(F)c2)NC(=O)CN(C)C(=O)[C@H](CC2CCCCC2)N(C)C(=O)CN(C)C(=O)CN(C)C1=O. The number of likely N-dealkylation sites (tertiary alicyclic amines) is 1. The van der Waals surface area contributed by atoms with E-state index in [1.807, 2.05) is 65.8 Å². The van der Waals surface area contributed by atoms with E-state index in [2.05, 4.69) is 16.0 Å². The molecule has 7 rings (SSSR count). The number of piperidine rings is 1. The van der Waals surface area contributed by atoms with Crippen molar-refractivity contribution in [2.45, 2.75) is 244 Å². The molecule has 3 N–H and O–H groups in total. The molecular formula is C79H118F4N12O13. The van der Waals surface area contributed by atoms with Gasteiger partial charge in [-0.1, -0.05) is 129 Å². The molecule has 12 amide bonds. The molecule has 9 atom stereocenters. The van der Waals surface area contributed by atoms with Crippen LogP contribution in [0.5, 0.6) is 0 Å². The van der Waals surface area contributed by atoms with Crippen LogP contribution < -0.4 is 16.0 Å². The van der Waals surface area contributed by atoms with Gasteiger partial charge < -0.3 is 64.8 Å². The lowest BCUT2D eigenvalue weighted by Gasteiger charge is -2.41. The molecule has 29 heteroatoms. The Morgan fingerprint density at radius 1 is 0.630 bits per heavy atom. The van der Waals surface area contributed by atoms with E-state index in [9.17, 15) is 41.9 Å². The van der Waals surface area contributed by atoms with Crippen molar-refractivity contribution in [2.24, 2.45) is 23.7 Å². The van der Waals surface area contributed by atoms with Gasteiger partial charge in [-0.25, -0.2) is 4.39 Å². The number of alkyl halides is 3. The van der Waals surface area contributed by atoms with Gasteiger partial charge in [0.1, 0.15) is 53.6 Å². The van der Waals surface area contributed by atoms with Gasteiger partial charge in [-0.2, -0.15) is 13.2 Å². The molecule has 0 radical (unpaired) electrons. The maximum Gasteiger partial charge on any atom is 0.419 e. The number of carbonyl (C=O) groups excluding carboxylic acids is 12. The van der Waals surface area contributed by atoms with Gasteiger partial charge in [0, 0.05) is 75.4 Å². The van der Waals surface area contributed by atoms with Crippen molar-refractivity contribution >= 4 is 70.9 Å². The number of likely N-dealkylation sites (N-methyl/N-ethyl adjacent to an activating group) is 7. The van der Waals surface area contributed by atoms with Crippen molar-refractivity contribution in [1.82, 2.24) is 60.0 Å². The molecule has 0 bridgehead atoms. The molecule has 600 valence electrons. The Morgan fingerprint density at radius 2 is 1.24 bits per heavy atom. The lowest BCUT2D eigenvalue weighted by molar-refractivity contribution is -0.155. The summed E-state index contributed by atoms with van der Waals surface area (Å²) in [4.78, 5) is 192. The number of nitrogens with one attached hydrogen (secondary N) is 3. The molecule has 5 fully saturated rings. The summed E-state index contributed by atoms with van der Waals surface area (Å²) in [6.45, 7) is 11.6. The third-order valence-corrected chi connectivity index (χ3v) is 22.6. The Kier molecular flexibility index (Phi) is 31.3. The number of carbonyl (C=O) groups is 12. The van der Waals surface area contributed by atoms with Crippen molar-refractivity contribution < 1.29 is 79.8 Å². The number of nitrogens with zero attached hydrogens (tertiary/aromatic N) is 9. The summed E-state index contributed by atoms with van der Waals surface area (Å²) in [5.41, 5.74) is -1.48. The third-order valence-electron chi connectivity index (χ3n) is 22.6. The first kappa shape index (κ1) is 87.0. The van der Waals surface area contributed by atoms with Crippen molar-refractivity contribution in [3.8, 4) is 0 Å². The van der Waals surface area contributed by atoms with Crippen LogP contribution in [-0.2, 0) is 81.5 Å². The molecule has 3 heterocycles. The van der Waals surface area contributed by atoms with E-state index in [0.717, 1.165) is 70.4 Å². The van der Waals surface area contributed by atoms with E-state index in [1.165, 1.54) is 73.8 Å². The second kappa shape index (κ2) is 38.9. The highest BCUT2D eigenvalue weighted by atomic mass is 19.4. The van der Waals surface area contributed by atoms with Gasteiger partial charge in [-0.05, 0) is 118 Å². The molecule has 2 aromatic carbocycles. The van der Waals surface area contributed by atoms with Gasteiger partial charge in [0.05, 0.1) is 44.3 Å². The van der Waals surface area contributed by atoms with Gasteiger partial charge in [0.2, 0.25) is 70.9 Å². The number of hydrogen-bond donors (Lipinski definition) is 3. The molecule has 2 aromatic rings. The van der Waals surface area contributed by atoms with E-state index < -0.39 is 174 Å². The van der Waals surface area contributed by atoms with Crippen LogP contribution in [-0.4, -0.2) is 258 Å². The van der Waals surface area contributed by atoms with Gasteiger partial charge >= 0.3 is 6.18 Å². The monoisotopic (exact) mass is 1520 g/mol. The molecule has 108 heavy (non-hydrogen) atoms. The number of halogens is 4. The van der Waals surface area contributed by atoms with Crippen LogP contribution in [0.25, 0.3) is 0 Å². The molecular weight excluding hydrogens is 1400 g/mol. The second-order valence-corrected chi connectivity index (χ2v) is 32.0. The maximum absolute atomic E-state index is 15.8. The first-order chi connectivity index (χ1) is 50.9. The quantitative estimate of drug-likeness (QED) is 0.154.